The first kappa shape index (κ1) is 26.3. The van der Waals surface area contributed by atoms with Crippen molar-refractivity contribution in [3.05, 3.63) is 35.9 Å². The van der Waals surface area contributed by atoms with Gasteiger partial charge in [0, 0.05) is 6.54 Å². The lowest BCUT2D eigenvalue weighted by Gasteiger charge is -2.27. The fourth-order valence-corrected chi connectivity index (χ4v) is 3.59. The minimum Gasteiger partial charge on any atom is -0.469 e. The molecule has 0 radical (unpaired) electrons. The molecule has 31 heavy (non-hydrogen) atoms. The Morgan fingerprint density at radius 1 is 1.13 bits per heavy atom. The van der Waals surface area contributed by atoms with Crippen molar-refractivity contribution < 1.29 is 37.0 Å². The number of nitrogens with one attached hydrogen (secondary N) is 2. The summed E-state index contributed by atoms with van der Waals surface area (Å²) >= 11 is 0. The molecular weight excluding hydrogens is 430 g/mol. The van der Waals surface area contributed by atoms with Crippen LogP contribution in [0.3, 0.4) is 0 Å². The first-order valence-corrected chi connectivity index (χ1v) is 11.3. The second-order valence-electron chi connectivity index (χ2n) is 6.63. The average molecular weight is 460 g/mol. The predicted octanol–water partition coefficient (Wildman–Crippen LogP) is 0.394. The van der Waals surface area contributed by atoms with E-state index in [1.807, 2.05) is 6.92 Å². The molecular formula is C19H29N3O8S. The van der Waals surface area contributed by atoms with Crippen LogP contribution >= 0.6 is 0 Å². The predicted molar refractivity (Wildman–Crippen MR) is 111 cm³/mol. The highest BCUT2D eigenvalue weighted by atomic mass is 32.2. The summed E-state index contributed by atoms with van der Waals surface area (Å²) < 4.78 is 41.4. The SMILES string of the molecule is CCCCOC(=O)N[C@@](N)(CS(=O)(=O)NCCC(=O)OC)C(=O)OCc1ccccc1. The van der Waals surface area contributed by atoms with Gasteiger partial charge in [-0.25, -0.2) is 22.7 Å². The van der Waals surface area contributed by atoms with Crippen molar-refractivity contribution >= 4 is 28.1 Å². The first-order chi connectivity index (χ1) is 14.6. The second kappa shape index (κ2) is 12.9. The number of esters is 2. The van der Waals surface area contributed by atoms with E-state index in [4.69, 9.17) is 15.2 Å². The van der Waals surface area contributed by atoms with Gasteiger partial charge >= 0.3 is 18.0 Å². The third-order valence-electron chi connectivity index (χ3n) is 3.93. The molecule has 1 rings (SSSR count). The number of ether oxygens (including phenoxy) is 3. The maximum atomic E-state index is 12.6. The highest BCUT2D eigenvalue weighted by molar-refractivity contribution is 7.89. The van der Waals surface area contributed by atoms with Gasteiger partial charge in [0.05, 0.1) is 20.1 Å². The zero-order valence-electron chi connectivity index (χ0n) is 17.6. The number of methoxy groups -OCH3 is 1. The molecule has 0 aromatic heterocycles. The Kier molecular flexibility index (Phi) is 10.9. The molecule has 0 aliphatic heterocycles. The molecule has 0 aliphatic rings. The van der Waals surface area contributed by atoms with Crippen LogP contribution in [-0.4, -0.2) is 58.1 Å². The molecule has 1 atom stereocenters. The number of alkyl carbamates (subject to hydrolysis) is 1. The number of rotatable bonds is 13. The van der Waals surface area contributed by atoms with E-state index in [-0.39, 0.29) is 26.2 Å². The van der Waals surface area contributed by atoms with Crippen LogP contribution in [0.15, 0.2) is 30.3 Å². The monoisotopic (exact) mass is 459 g/mol. The van der Waals surface area contributed by atoms with Crippen LogP contribution in [0.2, 0.25) is 0 Å². The minimum atomic E-state index is -4.20. The molecule has 0 aliphatic carbocycles. The average Bonchev–Trinajstić information content (AvgIpc) is 2.72. The molecule has 0 saturated heterocycles. The number of sulfonamides is 1. The van der Waals surface area contributed by atoms with Gasteiger partial charge in [0.2, 0.25) is 15.7 Å². The number of hydrogen-bond donors (Lipinski definition) is 3. The molecule has 1 aromatic rings. The third-order valence-corrected chi connectivity index (χ3v) is 5.41. The van der Waals surface area contributed by atoms with Crippen LogP contribution in [0, 0.1) is 0 Å². The topological polar surface area (TPSA) is 163 Å². The van der Waals surface area contributed by atoms with Gasteiger partial charge in [0.25, 0.3) is 0 Å². The van der Waals surface area contributed by atoms with Crippen molar-refractivity contribution in [3.63, 3.8) is 0 Å². The van der Waals surface area contributed by atoms with E-state index in [1.54, 1.807) is 30.3 Å². The summed E-state index contributed by atoms with van der Waals surface area (Å²) in [6.07, 6.45) is 0.0608. The number of amides is 1. The molecule has 4 N–H and O–H groups in total. The Hall–Kier alpha value is -2.70. The van der Waals surface area contributed by atoms with E-state index >= 15 is 0 Å². The number of unbranched alkanes of at least 4 members (excludes halogenated alkanes) is 1. The van der Waals surface area contributed by atoms with Gasteiger partial charge in [-0.2, -0.15) is 0 Å². The molecule has 174 valence electrons. The third kappa shape index (κ3) is 10.2. The molecule has 0 saturated carbocycles. The molecule has 0 heterocycles. The molecule has 11 nitrogen and oxygen atoms in total. The number of nitrogens with two attached hydrogens (primary N) is 1. The van der Waals surface area contributed by atoms with Crippen LogP contribution in [-0.2, 0) is 40.4 Å². The van der Waals surface area contributed by atoms with Crippen molar-refractivity contribution in [2.24, 2.45) is 5.73 Å². The lowest BCUT2D eigenvalue weighted by atomic mass is 10.2. The Bertz CT molecular complexity index is 832. The van der Waals surface area contributed by atoms with Gasteiger partial charge in [-0.3, -0.25) is 15.8 Å². The molecule has 1 aromatic carbocycles. The van der Waals surface area contributed by atoms with Gasteiger partial charge < -0.3 is 14.2 Å². The maximum Gasteiger partial charge on any atom is 0.409 e. The van der Waals surface area contributed by atoms with E-state index in [0.29, 0.717) is 12.0 Å². The number of benzene rings is 1. The van der Waals surface area contributed by atoms with Crippen LogP contribution in [0.4, 0.5) is 4.79 Å². The summed E-state index contributed by atoms with van der Waals surface area (Å²) in [7, 11) is -3.03. The van der Waals surface area contributed by atoms with E-state index < -0.39 is 39.5 Å². The van der Waals surface area contributed by atoms with Crippen LogP contribution in [0.5, 0.6) is 0 Å². The summed E-state index contributed by atoms with van der Waals surface area (Å²) in [5.41, 5.74) is 4.18. The van der Waals surface area contributed by atoms with Crippen molar-refractivity contribution in [2.45, 2.75) is 38.5 Å². The highest BCUT2D eigenvalue weighted by Crippen LogP contribution is 2.09. The molecule has 0 bridgehead atoms. The largest absolute Gasteiger partial charge is 0.469 e. The summed E-state index contributed by atoms with van der Waals surface area (Å²) in [5.74, 6) is -2.82. The second-order valence-corrected chi connectivity index (χ2v) is 8.43. The van der Waals surface area contributed by atoms with Crippen LogP contribution < -0.4 is 15.8 Å². The maximum absolute atomic E-state index is 12.6. The van der Waals surface area contributed by atoms with E-state index in [1.165, 1.54) is 7.11 Å². The van der Waals surface area contributed by atoms with E-state index in [9.17, 15) is 22.8 Å². The number of hydrogen-bond acceptors (Lipinski definition) is 9. The van der Waals surface area contributed by atoms with Gasteiger partial charge in [0.1, 0.15) is 12.4 Å². The van der Waals surface area contributed by atoms with E-state index in [2.05, 4.69) is 14.8 Å². The van der Waals surface area contributed by atoms with Crippen LogP contribution in [0.1, 0.15) is 31.7 Å². The normalized spacial score (nSPS) is 13.0. The Morgan fingerprint density at radius 2 is 1.81 bits per heavy atom. The van der Waals surface area contributed by atoms with Crippen LogP contribution in [0.25, 0.3) is 0 Å². The Balaban J connectivity index is 2.88. The first-order valence-electron chi connectivity index (χ1n) is 9.61. The van der Waals surface area contributed by atoms with Gasteiger partial charge in [0.15, 0.2) is 0 Å². The minimum absolute atomic E-state index is 0.0710. The molecule has 12 heteroatoms. The smallest absolute Gasteiger partial charge is 0.409 e. The van der Waals surface area contributed by atoms with Gasteiger partial charge in [-0.1, -0.05) is 43.7 Å². The highest BCUT2D eigenvalue weighted by Gasteiger charge is 2.42. The fourth-order valence-electron chi connectivity index (χ4n) is 2.29. The number of carbonyl (C=O) groups is 3. The molecule has 0 fully saturated rings. The van der Waals surface area contributed by atoms with Crippen molar-refractivity contribution in [2.75, 3.05) is 26.0 Å². The van der Waals surface area contributed by atoms with Gasteiger partial charge in [-0.05, 0) is 12.0 Å². The standard InChI is InChI=1S/C19H29N3O8S/c1-3-4-12-29-18(25)22-19(20,14-31(26,27)21-11-10-16(23)28-2)17(24)30-13-15-8-6-5-7-9-15/h5-9,21H,3-4,10-14,20H2,1-2H3,(H,22,25)/t19-/m0/s1. The van der Waals surface area contributed by atoms with Gasteiger partial charge in [-0.15, -0.1) is 0 Å². The Labute approximate surface area is 181 Å². The Morgan fingerprint density at radius 3 is 2.42 bits per heavy atom. The summed E-state index contributed by atoms with van der Waals surface area (Å²) in [6.45, 7) is 1.51. The quantitative estimate of drug-likeness (QED) is 0.164. The van der Waals surface area contributed by atoms with Crippen molar-refractivity contribution in [3.8, 4) is 0 Å². The van der Waals surface area contributed by atoms with Crippen molar-refractivity contribution in [1.29, 1.82) is 0 Å². The zero-order valence-corrected chi connectivity index (χ0v) is 18.4. The lowest BCUT2D eigenvalue weighted by molar-refractivity contribution is -0.151. The zero-order chi connectivity index (χ0) is 23.3. The molecule has 0 spiro atoms. The summed E-state index contributed by atoms with van der Waals surface area (Å²) in [5, 5.41) is 2.09. The molecule has 1 amide bonds. The summed E-state index contributed by atoms with van der Waals surface area (Å²) in [4.78, 5) is 35.8. The van der Waals surface area contributed by atoms with Crippen molar-refractivity contribution in [1.82, 2.24) is 10.0 Å². The lowest BCUT2D eigenvalue weighted by Crippen LogP contribution is -2.66. The summed E-state index contributed by atoms with van der Waals surface area (Å²) in [6, 6.07) is 8.64. The fraction of sp³-hybridized carbons (Fsp3) is 0.526. The molecule has 0 unspecified atom stereocenters. The van der Waals surface area contributed by atoms with E-state index in [0.717, 1.165) is 6.42 Å². The number of carbonyl (C=O) groups excluding carboxylic acids is 3.